The summed E-state index contributed by atoms with van der Waals surface area (Å²) in [5.74, 6) is -4.93. The van der Waals surface area contributed by atoms with E-state index in [0.717, 1.165) is 25.0 Å². The van der Waals surface area contributed by atoms with Crippen LogP contribution in [0.5, 0.6) is 11.5 Å². The molecule has 4 rings (SSSR count). The summed E-state index contributed by atoms with van der Waals surface area (Å²) < 4.78 is 74.4. The normalized spacial score (nSPS) is 14.3. The van der Waals surface area contributed by atoms with Crippen molar-refractivity contribution in [2.75, 3.05) is 6.61 Å². The third kappa shape index (κ3) is 7.23. The van der Waals surface area contributed by atoms with Gasteiger partial charge in [0.25, 0.3) is 5.91 Å². The standard InChI is InChI=1S/C26H24F4N4O7/c1-11(39-26(32)37)21-20(23(36)33-19(22(31)35)15-6-5-14(27)9-16(15)28)34-24(41-21)13-4-7-17(40-25(29)30)18(8-13)38-10-12-2-3-12/h4-9,11-12,19,25H,2-3,10H2,1H3,(H2,31,35)(H2,32,37)(H,33,36)/t11-,19?/m0/s1. The van der Waals surface area contributed by atoms with Gasteiger partial charge in [-0.25, -0.2) is 18.6 Å². The van der Waals surface area contributed by atoms with E-state index < -0.39 is 59.6 Å². The van der Waals surface area contributed by atoms with Crippen LogP contribution in [-0.2, 0) is 9.53 Å². The van der Waals surface area contributed by atoms with Gasteiger partial charge in [0.2, 0.25) is 11.8 Å². The lowest BCUT2D eigenvalue weighted by Crippen LogP contribution is -2.38. The Bertz CT molecular complexity index is 1460. The molecule has 1 fully saturated rings. The first-order valence-electron chi connectivity index (χ1n) is 12.2. The highest BCUT2D eigenvalue weighted by Gasteiger charge is 2.31. The molecule has 1 aliphatic carbocycles. The molecule has 11 nitrogen and oxygen atoms in total. The summed E-state index contributed by atoms with van der Waals surface area (Å²) in [6.07, 6.45) is -0.637. The zero-order valence-electron chi connectivity index (χ0n) is 21.4. The van der Waals surface area contributed by atoms with Crippen molar-refractivity contribution in [2.24, 2.45) is 17.4 Å². The summed E-state index contributed by atoms with van der Waals surface area (Å²) in [7, 11) is 0. The number of carbonyl (C=O) groups excluding carboxylic acids is 3. The van der Waals surface area contributed by atoms with Gasteiger partial charge in [-0.15, -0.1) is 0 Å². The van der Waals surface area contributed by atoms with Gasteiger partial charge in [-0.1, -0.05) is 6.07 Å². The van der Waals surface area contributed by atoms with E-state index in [2.05, 4.69) is 15.0 Å². The van der Waals surface area contributed by atoms with Crippen LogP contribution in [-0.4, -0.2) is 36.1 Å². The molecule has 3 aromatic rings. The Kier molecular flexibility index (Phi) is 8.64. The highest BCUT2D eigenvalue weighted by Crippen LogP contribution is 2.37. The Labute approximate surface area is 229 Å². The lowest BCUT2D eigenvalue weighted by Gasteiger charge is -2.17. The molecule has 15 heteroatoms. The van der Waals surface area contributed by atoms with Crippen molar-refractivity contribution in [1.29, 1.82) is 0 Å². The van der Waals surface area contributed by atoms with Crippen LogP contribution in [0.3, 0.4) is 0 Å². The number of halogens is 4. The number of rotatable bonds is 12. The molecule has 1 unspecified atom stereocenters. The van der Waals surface area contributed by atoms with Gasteiger partial charge < -0.3 is 35.4 Å². The number of nitrogens with zero attached hydrogens (tertiary/aromatic N) is 1. The van der Waals surface area contributed by atoms with Gasteiger partial charge >= 0.3 is 12.7 Å². The van der Waals surface area contributed by atoms with Crippen molar-refractivity contribution >= 4 is 17.9 Å². The first-order chi connectivity index (χ1) is 19.4. The maximum atomic E-state index is 14.4. The zero-order valence-corrected chi connectivity index (χ0v) is 21.4. The number of alkyl halides is 2. The number of primary amides is 2. The number of hydrogen-bond donors (Lipinski definition) is 3. The summed E-state index contributed by atoms with van der Waals surface area (Å²) >= 11 is 0. The Morgan fingerprint density at radius 3 is 2.44 bits per heavy atom. The van der Waals surface area contributed by atoms with Crippen molar-refractivity contribution in [3.8, 4) is 23.0 Å². The third-order valence-corrected chi connectivity index (χ3v) is 5.94. The first kappa shape index (κ1) is 29.2. The molecule has 5 N–H and O–H groups in total. The molecule has 2 atom stereocenters. The fourth-order valence-corrected chi connectivity index (χ4v) is 3.80. The highest BCUT2D eigenvalue weighted by atomic mass is 19.3. The van der Waals surface area contributed by atoms with E-state index in [4.69, 9.17) is 25.4 Å². The molecule has 2 aromatic carbocycles. The minimum Gasteiger partial charge on any atom is -0.489 e. The molecule has 1 saturated carbocycles. The number of amides is 3. The van der Waals surface area contributed by atoms with Crippen molar-refractivity contribution in [3.63, 3.8) is 0 Å². The second kappa shape index (κ2) is 12.1. The summed E-state index contributed by atoms with van der Waals surface area (Å²) in [6, 6.07) is 4.35. The quantitative estimate of drug-likeness (QED) is 0.269. The number of carbonyl (C=O) groups is 3. The Hall–Kier alpha value is -4.82. The minimum atomic E-state index is -3.12. The van der Waals surface area contributed by atoms with Crippen LogP contribution in [0.1, 0.15) is 53.7 Å². The van der Waals surface area contributed by atoms with E-state index in [0.29, 0.717) is 6.07 Å². The second-order valence-corrected chi connectivity index (χ2v) is 9.08. The molecule has 0 aliphatic heterocycles. The van der Waals surface area contributed by atoms with Gasteiger partial charge in [0.15, 0.2) is 29.1 Å². The van der Waals surface area contributed by atoms with Crippen LogP contribution in [0.15, 0.2) is 40.8 Å². The van der Waals surface area contributed by atoms with Crippen LogP contribution in [0.2, 0.25) is 0 Å². The number of nitrogens with one attached hydrogen (secondary N) is 1. The molecular formula is C26H24F4N4O7. The number of hydrogen-bond acceptors (Lipinski definition) is 8. The van der Waals surface area contributed by atoms with Crippen LogP contribution < -0.4 is 26.3 Å². The first-order valence-corrected chi connectivity index (χ1v) is 12.2. The topological polar surface area (TPSA) is 169 Å². The number of aromatic nitrogens is 1. The number of benzene rings is 2. The molecule has 3 amide bonds. The maximum absolute atomic E-state index is 14.4. The van der Waals surface area contributed by atoms with E-state index in [1.165, 1.54) is 25.1 Å². The van der Waals surface area contributed by atoms with E-state index in [1.54, 1.807) is 0 Å². The smallest absolute Gasteiger partial charge is 0.405 e. The number of ether oxygens (including phenoxy) is 3. The summed E-state index contributed by atoms with van der Waals surface area (Å²) in [5, 5.41) is 2.21. The fraction of sp³-hybridized carbons (Fsp3) is 0.308. The maximum Gasteiger partial charge on any atom is 0.405 e. The molecule has 0 saturated heterocycles. The molecule has 41 heavy (non-hydrogen) atoms. The van der Waals surface area contributed by atoms with Gasteiger partial charge in [0.1, 0.15) is 17.7 Å². The molecule has 0 bridgehead atoms. The SMILES string of the molecule is C[C@H](OC(N)=O)c1oc(-c2ccc(OC(F)F)c(OCC3CC3)c2)nc1C(=O)NC(C(N)=O)c1ccc(F)cc1F. The van der Waals surface area contributed by atoms with Gasteiger partial charge in [0, 0.05) is 17.2 Å². The lowest BCUT2D eigenvalue weighted by molar-refractivity contribution is -0.120. The number of nitrogens with two attached hydrogens (primary N) is 2. The lowest BCUT2D eigenvalue weighted by atomic mass is 10.0. The summed E-state index contributed by atoms with van der Waals surface area (Å²) in [5.41, 5.74) is 9.67. The molecule has 218 valence electrons. The van der Waals surface area contributed by atoms with Crippen molar-refractivity contribution in [3.05, 3.63) is 65.1 Å². The average molecular weight is 580 g/mol. The van der Waals surface area contributed by atoms with Crippen LogP contribution >= 0.6 is 0 Å². The van der Waals surface area contributed by atoms with Crippen molar-refractivity contribution in [1.82, 2.24) is 10.3 Å². The van der Waals surface area contributed by atoms with Crippen LogP contribution in [0, 0.1) is 17.6 Å². The molecule has 0 spiro atoms. The third-order valence-electron chi connectivity index (χ3n) is 5.94. The molecule has 1 aromatic heterocycles. The minimum absolute atomic E-state index is 0.0394. The van der Waals surface area contributed by atoms with Gasteiger partial charge in [-0.2, -0.15) is 8.78 Å². The Balaban J connectivity index is 1.71. The fourth-order valence-electron chi connectivity index (χ4n) is 3.80. The van der Waals surface area contributed by atoms with Crippen LogP contribution in [0.25, 0.3) is 11.5 Å². The van der Waals surface area contributed by atoms with Gasteiger partial charge in [-0.05, 0) is 49.9 Å². The van der Waals surface area contributed by atoms with E-state index in [9.17, 15) is 31.9 Å². The van der Waals surface area contributed by atoms with Crippen molar-refractivity contribution in [2.45, 2.75) is 38.5 Å². The molecule has 0 radical (unpaired) electrons. The van der Waals surface area contributed by atoms with E-state index in [-0.39, 0.29) is 41.2 Å². The van der Waals surface area contributed by atoms with Crippen LogP contribution in [0.4, 0.5) is 22.4 Å². The monoisotopic (exact) mass is 580 g/mol. The summed E-state index contributed by atoms with van der Waals surface area (Å²) in [4.78, 5) is 40.9. The second-order valence-electron chi connectivity index (χ2n) is 9.08. The molecule has 1 heterocycles. The summed E-state index contributed by atoms with van der Waals surface area (Å²) in [6.45, 7) is -1.56. The zero-order chi connectivity index (χ0) is 29.8. The van der Waals surface area contributed by atoms with Gasteiger partial charge in [-0.3, -0.25) is 9.59 Å². The Morgan fingerprint density at radius 1 is 1.10 bits per heavy atom. The average Bonchev–Trinajstić information content (AvgIpc) is 3.61. The van der Waals surface area contributed by atoms with E-state index in [1.807, 2.05) is 0 Å². The number of oxazole rings is 1. The molecule has 1 aliphatic rings. The van der Waals surface area contributed by atoms with Gasteiger partial charge in [0.05, 0.1) is 6.61 Å². The molecular weight excluding hydrogens is 556 g/mol. The van der Waals surface area contributed by atoms with E-state index >= 15 is 0 Å². The van der Waals surface area contributed by atoms with Crippen molar-refractivity contribution < 1.29 is 50.6 Å². The predicted octanol–water partition coefficient (Wildman–Crippen LogP) is 4.12. The predicted molar refractivity (Wildman–Crippen MR) is 132 cm³/mol. The largest absolute Gasteiger partial charge is 0.489 e. The Morgan fingerprint density at radius 2 is 1.83 bits per heavy atom. The highest BCUT2D eigenvalue weighted by molar-refractivity contribution is 5.97.